The molecule has 1 N–H and O–H groups in total. The highest BCUT2D eigenvalue weighted by Crippen LogP contribution is 2.24. The number of aliphatic hydroxyl groups is 1. The Morgan fingerprint density at radius 3 is 2.53 bits per heavy atom. The Morgan fingerprint density at radius 2 is 1.94 bits per heavy atom. The molecule has 4 heteroatoms. The third-order valence-electron chi connectivity index (χ3n) is 2.17. The first-order valence-corrected chi connectivity index (χ1v) is 6.52. The lowest BCUT2D eigenvalue weighted by Gasteiger charge is -2.20. The van der Waals surface area contributed by atoms with Crippen molar-refractivity contribution in [1.29, 1.82) is 0 Å². The van der Waals surface area contributed by atoms with Crippen LogP contribution in [0.2, 0.25) is 0 Å². The molecule has 1 aromatic carbocycles. The predicted octanol–water partition coefficient (Wildman–Crippen LogP) is 3.40. The van der Waals surface area contributed by atoms with Gasteiger partial charge in [0.05, 0.1) is 6.10 Å². The highest BCUT2D eigenvalue weighted by molar-refractivity contribution is 8.00. The Balaban J connectivity index is 2.56. The molecule has 0 aliphatic rings. The second-order valence-corrected chi connectivity index (χ2v) is 6.86. The minimum absolute atomic E-state index is 0.0570. The maximum atomic E-state index is 13.3. The summed E-state index contributed by atoms with van der Waals surface area (Å²) in [7, 11) is 0. The zero-order valence-electron chi connectivity index (χ0n) is 10.3. The molecule has 0 spiro atoms. The third kappa shape index (κ3) is 5.50. The molecule has 0 saturated heterocycles. The summed E-state index contributed by atoms with van der Waals surface area (Å²) in [6.45, 7) is 6.15. The molecular formula is C13H18F2OS. The molecule has 0 fully saturated rings. The van der Waals surface area contributed by atoms with Crippen LogP contribution in [-0.2, 0) is 6.42 Å². The van der Waals surface area contributed by atoms with Gasteiger partial charge in [-0.15, -0.1) is 0 Å². The van der Waals surface area contributed by atoms with E-state index in [2.05, 4.69) is 0 Å². The number of halogens is 2. The van der Waals surface area contributed by atoms with E-state index in [-0.39, 0.29) is 16.7 Å². The highest BCUT2D eigenvalue weighted by Gasteiger charge is 2.15. The van der Waals surface area contributed by atoms with E-state index in [4.69, 9.17) is 0 Å². The number of rotatable bonds is 4. The lowest BCUT2D eigenvalue weighted by atomic mass is 10.1. The summed E-state index contributed by atoms with van der Waals surface area (Å²) in [5.41, 5.74) is 0.229. The van der Waals surface area contributed by atoms with Gasteiger partial charge in [0.25, 0.3) is 0 Å². The van der Waals surface area contributed by atoms with E-state index < -0.39 is 17.7 Å². The predicted molar refractivity (Wildman–Crippen MR) is 68.3 cm³/mol. The maximum absolute atomic E-state index is 13.3. The first-order valence-electron chi connectivity index (χ1n) is 5.54. The van der Waals surface area contributed by atoms with Gasteiger partial charge in [0.1, 0.15) is 11.6 Å². The molecule has 17 heavy (non-hydrogen) atoms. The van der Waals surface area contributed by atoms with Crippen LogP contribution in [-0.4, -0.2) is 21.7 Å². The lowest BCUT2D eigenvalue weighted by molar-refractivity contribution is 0.198. The third-order valence-corrected chi connectivity index (χ3v) is 3.59. The van der Waals surface area contributed by atoms with Gasteiger partial charge in [-0.1, -0.05) is 20.8 Å². The van der Waals surface area contributed by atoms with Crippen LogP contribution in [0.3, 0.4) is 0 Å². The lowest BCUT2D eigenvalue weighted by Crippen LogP contribution is -2.19. The average molecular weight is 260 g/mol. The quantitative estimate of drug-likeness (QED) is 0.895. The van der Waals surface area contributed by atoms with Gasteiger partial charge in [0.15, 0.2) is 0 Å². The Hall–Kier alpha value is -0.610. The molecule has 1 rings (SSSR count). The summed E-state index contributed by atoms with van der Waals surface area (Å²) in [6, 6.07) is 3.31. The SMILES string of the molecule is CC(C)(C)SCC(O)Cc1cc(F)ccc1F. The van der Waals surface area contributed by atoms with Crippen molar-refractivity contribution >= 4 is 11.8 Å². The van der Waals surface area contributed by atoms with Crippen LogP contribution >= 0.6 is 11.8 Å². The normalized spacial score (nSPS) is 13.8. The molecule has 0 radical (unpaired) electrons. The molecule has 0 heterocycles. The van der Waals surface area contributed by atoms with Crippen LogP contribution in [0.5, 0.6) is 0 Å². The van der Waals surface area contributed by atoms with Crippen molar-refractivity contribution < 1.29 is 13.9 Å². The van der Waals surface area contributed by atoms with Crippen molar-refractivity contribution in [3.63, 3.8) is 0 Å². The van der Waals surface area contributed by atoms with Crippen LogP contribution < -0.4 is 0 Å². The van der Waals surface area contributed by atoms with Crippen molar-refractivity contribution in [2.75, 3.05) is 5.75 Å². The van der Waals surface area contributed by atoms with Crippen LogP contribution in [0, 0.1) is 11.6 Å². The molecule has 0 aromatic heterocycles. The minimum atomic E-state index is -0.657. The van der Waals surface area contributed by atoms with Crippen molar-refractivity contribution in [3.8, 4) is 0 Å². The molecule has 0 amide bonds. The maximum Gasteiger partial charge on any atom is 0.126 e. The first kappa shape index (κ1) is 14.5. The van der Waals surface area contributed by atoms with Crippen molar-refractivity contribution in [1.82, 2.24) is 0 Å². The summed E-state index contributed by atoms with van der Waals surface area (Å²) in [5, 5.41) is 9.77. The Morgan fingerprint density at radius 1 is 1.29 bits per heavy atom. The van der Waals surface area contributed by atoms with Crippen molar-refractivity contribution in [2.24, 2.45) is 0 Å². The molecule has 0 aliphatic carbocycles. The fraction of sp³-hybridized carbons (Fsp3) is 0.538. The van der Waals surface area contributed by atoms with Crippen molar-refractivity contribution in [2.45, 2.75) is 38.0 Å². The molecule has 1 nitrogen and oxygen atoms in total. The monoisotopic (exact) mass is 260 g/mol. The fourth-order valence-electron chi connectivity index (χ4n) is 1.36. The number of aliphatic hydroxyl groups excluding tert-OH is 1. The molecule has 0 aliphatic heterocycles. The molecule has 0 bridgehead atoms. The summed E-state index contributed by atoms with van der Waals surface area (Å²) in [6.07, 6.45) is -0.511. The van der Waals surface area contributed by atoms with Crippen LogP contribution in [0.25, 0.3) is 0 Å². The zero-order valence-corrected chi connectivity index (χ0v) is 11.2. The van der Waals surface area contributed by atoms with Crippen LogP contribution in [0.1, 0.15) is 26.3 Å². The zero-order chi connectivity index (χ0) is 13.1. The number of hydrogen-bond donors (Lipinski definition) is 1. The van der Waals surface area contributed by atoms with Gasteiger partial charge in [-0.3, -0.25) is 0 Å². The van der Waals surface area contributed by atoms with Gasteiger partial charge in [-0.05, 0) is 23.8 Å². The van der Waals surface area contributed by atoms with E-state index in [0.717, 1.165) is 18.2 Å². The average Bonchev–Trinajstić information content (AvgIpc) is 2.20. The standard InChI is InChI=1S/C13H18F2OS/c1-13(2,3)17-8-11(16)7-9-6-10(14)4-5-12(9)15/h4-6,11,16H,7-8H2,1-3H3. The number of benzene rings is 1. The number of hydrogen-bond acceptors (Lipinski definition) is 2. The highest BCUT2D eigenvalue weighted by atomic mass is 32.2. The summed E-state index contributed by atoms with van der Waals surface area (Å²) >= 11 is 1.60. The minimum Gasteiger partial charge on any atom is -0.392 e. The molecule has 1 unspecified atom stereocenters. The second kappa shape index (κ2) is 5.83. The molecular weight excluding hydrogens is 242 g/mol. The summed E-state index contributed by atoms with van der Waals surface area (Å²) < 4.78 is 26.3. The van der Waals surface area contributed by atoms with E-state index in [1.807, 2.05) is 20.8 Å². The molecule has 0 saturated carbocycles. The van der Waals surface area contributed by atoms with Crippen LogP contribution in [0.15, 0.2) is 18.2 Å². The van der Waals surface area contributed by atoms with E-state index >= 15 is 0 Å². The Bertz CT molecular complexity index is 374. The molecule has 1 atom stereocenters. The van der Waals surface area contributed by atoms with E-state index in [9.17, 15) is 13.9 Å². The van der Waals surface area contributed by atoms with Gasteiger partial charge < -0.3 is 5.11 Å². The van der Waals surface area contributed by atoms with Gasteiger partial charge in [0.2, 0.25) is 0 Å². The van der Waals surface area contributed by atoms with Crippen molar-refractivity contribution in [3.05, 3.63) is 35.4 Å². The smallest absolute Gasteiger partial charge is 0.126 e. The first-order chi connectivity index (χ1) is 7.78. The van der Waals surface area contributed by atoms with Gasteiger partial charge in [-0.2, -0.15) is 11.8 Å². The van der Waals surface area contributed by atoms with Crippen LogP contribution in [0.4, 0.5) is 8.78 Å². The second-order valence-electron chi connectivity index (χ2n) is 5.02. The van der Waals surface area contributed by atoms with E-state index in [1.54, 1.807) is 11.8 Å². The van der Waals surface area contributed by atoms with E-state index in [0.29, 0.717) is 5.75 Å². The van der Waals surface area contributed by atoms with Gasteiger partial charge in [0, 0.05) is 16.9 Å². The fourth-order valence-corrected chi connectivity index (χ4v) is 2.17. The number of thioether (sulfide) groups is 1. The Kier molecular flexibility index (Phi) is 4.95. The largest absolute Gasteiger partial charge is 0.392 e. The molecule has 1 aromatic rings. The van der Waals surface area contributed by atoms with Gasteiger partial charge in [-0.25, -0.2) is 8.78 Å². The summed E-state index contributed by atoms with van der Waals surface area (Å²) in [5.74, 6) is -0.428. The molecule has 96 valence electrons. The van der Waals surface area contributed by atoms with E-state index in [1.165, 1.54) is 0 Å². The topological polar surface area (TPSA) is 20.2 Å². The Labute approximate surface area is 105 Å². The summed E-state index contributed by atoms with van der Waals surface area (Å²) in [4.78, 5) is 0. The van der Waals surface area contributed by atoms with Gasteiger partial charge >= 0.3 is 0 Å².